The van der Waals surface area contributed by atoms with Gasteiger partial charge in [-0.3, -0.25) is 0 Å². The smallest absolute Gasteiger partial charge is 0.240 e. The van der Waals surface area contributed by atoms with Crippen LogP contribution in [0.25, 0.3) is 10.9 Å². The summed E-state index contributed by atoms with van der Waals surface area (Å²) in [5.41, 5.74) is 4.82. The molecule has 0 saturated carbocycles. The highest BCUT2D eigenvalue weighted by molar-refractivity contribution is 7.89. The van der Waals surface area contributed by atoms with Crippen molar-refractivity contribution in [2.45, 2.75) is 37.1 Å². The zero-order valence-electron chi connectivity index (χ0n) is 14.9. The third kappa shape index (κ3) is 3.10. The van der Waals surface area contributed by atoms with Crippen molar-refractivity contribution in [1.82, 2.24) is 9.71 Å². The summed E-state index contributed by atoms with van der Waals surface area (Å²) in [6.07, 6.45) is 2.34. The predicted octanol–water partition coefficient (Wildman–Crippen LogP) is 3.32. The lowest BCUT2D eigenvalue weighted by atomic mass is 9.92. The molecule has 4 rings (SSSR count). The normalized spacial score (nSPS) is 17.2. The van der Waals surface area contributed by atoms with Crippen molar-refractivity contribution in [2.24, 2.45) is 0 Å². The maximum absolute atomic E-state index is 12.7. The third-order valence-electron chi connectivity index (χ3n) is 5.03. The minimum absolute atomic E-state index is 0.108. The third-order valence-corrected chi connectivity index (χ3v) is 6.57. The van der Waals surface area contributed by atoms with E-state index in [-0.39, 0.29) is 10.9 Å². The highest BCUT2D eigenvalue weighted by Gasteiger charge is 2.26. The fraction of sp³-hybridized carbons (Fsp3) is 0.300. The van der Waals surface area contributed by atoms with Crippen LogP contribution in [0.3, 0.4) is 0 Å². The number of hydrogen-bond acceptors (Lipinski definition) is 3. The van der Waals surface area contributed by atoms with Crippen LogP contribution in [-0.4, -0.2) is 26.6 Å². The van der Waals surface area contributed by atoms with Gasteiger partial charge < -0.3 is 9.72 Å². The van der Waals surface area contributed by atoms with Gasteiger partial charge in [-0.25, -0.2) is 13.1 Å². The molecule has 1 aliphatic rings. The Labute approximate surface area is 153 Å². The highest BCUT2D eigenvalue weighted by Crippen LogP contribution is 2.30. The topological polar surface area (TPSA) is 71.2 Å². The number of nitrogens with one attached hydrogen (secondary N) is 2. The van der Waals surface area contributed by atoms with Crippen molar-refractivity contribution in [2.75, 3.05) is 7.11 Å². The second kappa shape index (κ2) is 6.45. The second-order valence-corrected chi connectivity index (χ2v) is 8.58. The van der Waals surface area contributed by atoms with Crippen molar-refractivity contribution in [3.05, 3.63) is 59.3 Å². The molecule has 0 aliphatic heterocycles. The summed E-state index contributed by atoms with van der Waals surface area (Å²) in [6, 6.07) is 12.7. The first kappa shape index (κ1) is 17.1. The second-order valence-electron chi connectivity index (χ2n) is 6.87. The summed E-state index contributed by atoms with van der Waals surface area (Å²) in [6.45, 7) is 2.09. The van der Waals surface area contributed by atoms with E-state index in [1.54, 1.807) is 31.4 Å². The first-order valence-corrected chi connectivity index (χ1v) is 10.2. The average Bonchev–Trinajstić information content (AvgIpc) is 2.98. The molecule has 0 saturated heterocycles. The van der Waals surface area contributed by atoms with Gasteiger partial charge >= 0.3 is 0 Å². The van der Waals surface area contributed by atoms with Crippen LogP contribution >= 0.6 is 0 Å². The Morgan fingerprint density at radius 2 is 1.92 bits per heavy atom. The van der Waals surface area contributed by atoms with E-state index in [0.717, 1.165) is 24.1 Å². The number of aromatic amines is 1. The summed E-state index contributed by atoms with van der Waals surface area (Å²) in [4.78, 5) is 3.72. The summed E-state index contributed by atoms with van der Waals surface area (Å²) in [5.74, 6) is 0.639. The molecule has 1 aliphatic carbocycles. The Balaban J connectivity index is 1.56. The molecule has 0 amide bonds. The zero-order chi connectivity index (χ0) is 18.3. The van der Waals surface area contributed by atoms with E-state index in [0.29, 0.717) is 12.2 Å². The number of hydrogen-bond donors (Lipinski definition) is 2. The maximum atomic E-state index is 12.7. The molecule has 1 heterocycles. The van der Waals surface area contributed by atoms with Gasteiger partial charge in [0.15, 0.2) is 0 Å². The van der Waals surface area contributed by atoms with Crippen LogP contribution in [0.4, 0.5) is 0 Å². The number of H-pyrrole nitrogens is 1. The Morgan fingerprint density at radius 3 is 2.65 bits per heavy atom. The lowest BCUT2D eigenvalue weighted by Gasteiger charge is -2.23. The monoisotopic (exact) mass is 370 g/mol. The fourth-order valence-corrected chi connectivity index (χ4v) is 4.96. The molecular weight excluding hydrogens is 348 g/mol. The van der Waals surface area contributed by atoms with Gasteiger partial charge in [0.25, 0.3) is 0 Å². The van der Waals surface area contributed by atoms with Gasteiger partial charge in [-0.2, -0.15) is 0 Å². The quantitative estimate of drug-likeness (QED) is 0.740. The Hall–Kier alpha value is -2.31. The van der Waals surface area contributed by atoms with E-state index in [1.165, 1.54) is 16.5 Å². The number of fused-ring (bicyclic) bond motifs is 3. The van der Waals surface area contributed by atoms with Gasteiger partial charge in [0, 0.05) is 29.1 Å². The SMILES string of the molecule is COc1ccc(S(=O)(=O)NC2CCc3c([nH]c4ccc(C)cc34)C2)cc1. The number of benzene rings is 2. The van der Waals surface area contributed by atoms with Crippen LogP contribution in [0.1, 0.15) is 23.2 Å². The largest absolute Gasteiger partial charge is 0.497 e. The van der Waals surface area contributed by atoms with Crippen LogP contribution < -0.4 is 9.46 Å². The fourth-order valence-electron chi connectivity index (χ4n) is 3.69. The molecule has 6 heteroatoms. The molecule has 5 nitrogen and oxygen atoms in total. The molecule has 136 valence electrons. The van der Waals surface area contributed by atoms with Gasteiger partial charge in [-0.1, -0.05) is 11.6 Å². The zero-order valence-corrected chi connectivity index (χ0v) is 15.7. The van der Waals surface area contributed by atoms with Crippen LogP contribution in [0.5, 0.6) is 5.75 Å². The van der Waals surface area contributed by atoms with Gasteiger partial charge in [0.2, 0.25) is 10.0 Å². The van der Waals surface area contributed by atoms with Gasteiger partial charge in [0.05, 0.1) is 12.0 Å². The van der Waals surface area contributed by atoms with Gasteiger partial charge in [-0.05, 0) is 61.7 Å². The van der Waals surface area contributed by atoms with E-state index in [9.17, 15) is 8.42 Å². The van der Waals surface area contributed by atoms with Crippen LogP contribution in [0, 0.1) is 6.92 Å². The number of sulfonamides is 1. The minimum atomic E-state index is -3.54. The molecule has 0 spiro atoms. The number of aryl methyl sites for hydroxylation is 2. The molecule has 3 aromatic rings. The number of methoxy groups -OCH3 is 1. The maximum Gasteiger partial charge on any atom is 0.240 e. The van der Waals surface area contributed by atoms with Gasteiger partial charge in [0.1, 0.15) is 5.75 Å². The Bertz CT molecular complexity index is 1050. The molecule has 1 atom stereocenters. The van der Waals surface area contributed by atoms with Crippen LogP contribution in [-0.2, 0) is 22.9 Å². The summed E-state index contributed by atoms with van der Waals surface area (Å²) in [7, 11) is -1.98. The molecule has 0 fully saturated rings. The molecule has 0 radical (unpaired) electrons. The van der Waals surface area contributed by atoms with Crippen LogP contribution in [0.15, 0.2) is 47.4 Å². The average molecular weight is 370 g/mol. The molecule has 2 N–H and O–H groups in total. The van der Waals surface area contributed by atoms with Crippen molar-refractivity contribution >= 4 is 20.9 Å². The summed E-state index contributed by atoms with van der Waals surface area (Å²) in [5, 5.41) is 1.26. The Morgan fingerprint density at radius 1 is 1.15 bits per heavy atom. The first-order valence-electron chi connectivity index (χ1n) is 8.73. The minimum Gasteiger partial charge on any atom is -0.497 e. The Kier molecular flexibility index (Phi) is 4.25. The molecule has 0 bridgehead atoms. The molecular formula is C20H22N2O3S. The van der Waals surface area contributed by atoms with Crippen molar-refractivity contribution < 1.29 is 13.2 Å². The number of ether oxygens (including phenoxy) is 1. The number of rotatable bonds is 4. The van der Waals surface area contributed by atoms with E-state index < -0.39 is 10.0 Å². The lowest BCUT2D eigenvalue weighted by Crippen LogP contribution is -2.38. The lowest BCUT2D eigenvalue weighted by molar-refractivity contribution is 0.414. The van der Waals surface area contributed by atoms with Crippen LogP contribution in [0.2, 0.25) is 0 Å². The highest BCUT2D eigenvalue weighted by atomic mass is 32.2. The summed E-state index contributed by atoms with van der Waals surface area (Å²) < 4.78 is 33.3. The molecule has 1 unspecified atom stereocenters. The van der Waals surface area contributed by atoms with Crippen molar-refractivity contribution in [1.29, 1.82) is 0 Å². The van der Waals surface area contributed by atoms with E-state index in [2.05, 4.69) is 34.8 Å². The predicted molar refractivity (Wildman–Crippen MR) is 102 cm³/mol. The first-order chi connectivity index (χ1) is 12.5. The van der Waals surface area contributed by atoms with E-state index in [4.69, 9.17) is 4.74 Å². The van der Waals surface area contributed by atoms with E-state index in [1.807, 2.05) is 0 Å². The van der Waals surface area contributed by atoms with Crippen molar-refractivity contribution in [3.63, 3.8) is 0 Å². The van der Waals surface area contributed by atoms with Crippen molar-refractivity contribution in [3.8, 4) is 5.75 Å². The summed E-state index contributed by atoms with van der Waals surface area (Å²) >= 11 is 0. The standard InChI is InChI=1S/C20H22N2O3S/c1-13-3-10-19-18(11-13)17-9-4-14(12-20(17)21-19)22-26(23,24)16-7-5-15(25-2)6-8-16/h3,5-8,10-11,14,21-22H,4,9,12H2,1-2H3. The molecule has 2 aromatic carbocycles. The number of aromatic nitrogens is 1. The molecule has 1 aromatic heterocycles. The van der Waals surface area contributed by atoms with Gasteiger partial charge in [-0.15, -0.1) is 0 Å². The molecule has 26 heavy (non-hydrogen) atoms. The van der Waals surface area contributed by atoms with E-state index >= 15 is 0 Å².